The summed E-state index contributed by atoms with van der Waals surface area (Å²) >= 11 is 0. The molecule has 0 bridgehead atoms. The molecule has 1 aromatic heterocycles. The molecule has 0 saturated carbocycles. The summed E-state index contributed by atoms with van der Waals surface area (Å²) in [5, 5.41) is 46.6. The second-order valence-electron chi connectivity index (χ2n) is 6.22. The second-order valence-corrected chi connectivity index (χ2v) is 6.22. The van der Waals surface area contributed by atoms with Crippen molar-refractivity contribution in [2.75, 3.05) is 13.7 Å². The van der Waals surface area contributed by atoms with E-state index < -0.39 is 43.3 Å². The summed E-state index contributed by atoms with van der Waals surface area (Å²) in [5.74, 6) is -1.02. The van der Waals surface area contributed by atoms with Crippen LogP contribution in [0.2, 0.25) is 0 Å². The van der Waals surface area contributed by atoms with Gasteiger partial charge in [-0.15, -0.1) is 5.10 Å². The van der Waals surface area contributed by atoms with E-state index in [1.807, 2.05) is 0 Å². The monoisotopic (exact) mass is 395 g/mol. The largest absolute Gasteiger partial charge is 0.478 e. The standard InChI is InChI=1S/C17H21N3O8/c1-26-17-14(23)15(13(22)12(7-21)28-17)27-8-10-6-20(19-18-10)11-4-2-9(3-5-11)16(24)25/h2-6,12-15,17,21-23H,7-8H2,1H3,(H,24,25)/t12-,13+,14-,15+,17-/m1/s1. The molecule has 11 nitrogen and oxygen atoms in total. The molecular formula is C17H21N3O8. The van der Waals surface area contributed by atoms with E-state index in [1.165, 1.54) is 23.9 Å². The van der Waals surface area contributed by atoms with Crippen LogP contribution in [0.15, 0.2) is 30.5 Å². The Morgan fingerprint density at radius 3 is 2.57 bits per heavy atom. The number of methoxy groups -OCH3 is 1. The summed E-state index contributed by atoms with van der Waals surface area (Å²) in [4.78, 5) is 10.9. The quantitative estimate of drug-likeness (QED) is 0.455. The Morgan fingerprint density at radius 2 is 1.96 bits per heavy atom. The van der Waals surface area contributed by atoms with Crippen LogP contribution in [-0.2, 0) is 20.8 Å². The molecule has 1 aromatic carbocycles. The molecule has 2 heterocycles. The van der Waals surface area contributed by atoms with Gasteiger partial charge in [-0.2, -0.15) is 0 Å². The zero-order valence-electron chi connectivity index (χ0n) is 15.0. The van der Waals surface area contributed by atoms with Gasteiger partial charge in [0.05, 0.1) is 30.7 Å². The van der Waals surface area contributed by atoms with Crippen molar-refractivity contribution in [3.05, 3.63) is 41.7 Å². The zero-order valence-corrected chi connectivity index (χ0v) is 15.0. The Morgan fingerprint density at radius 1 is 1.25 bits per heavy atom. The molecule has 1 fully saturated rings. The smallest absolute Gasteiger partial charge is 0.335 e. The van der Waals surface area contributed by atoms with Crippen molar-refractivity contribution < 1.29 is 39.4 Å². The first-order valence-electron chi connectivity index (χ1n) is 8.46. The van der Waals surface area contributed by atoms with E-state index >= 15 is 0 Å². The predicted molar refractivity (Wildman–Crippen MR) is 91.7 cm³/mol. The lowest BCUT2D eigenvalue weighted by atomic mass is 9.99. The molecule has 1 aliphatic heterocycles. The van der Waals surface area contributed by atoms with Gasteiger partial charge in [-0.3, -0.25) is 0 Å². The van der Waals surface area contributed by atoms with Crippen LogP contribution in [0.25, 0.3) is 5.69 Å². The third kappa shape index (κ3) is 4.19. The van der Waals surface area contributed by atoms with Gasteiger partial charge in [-0.05, 0) is 24.3 Å². The van der Waals surface area contributed by atoms with Crippen molar-refractivity contribution in [3.63, 3.8) is 0 Å². The van der Waals surface area contributed by atoms with Crippen LogP contribution < -0.4 is 0 Å². The SMILES string of the molecule is CO[C@@H]1O[C@H](CO)[C@H](O)[C@H](OCc2cn(-c3ccc(C(=O)O)cc3)nn2)[C@H]1O. The summed E-state index contributed by atoms with van der Waals surface area (Å²) in [6.07, 6.45) is -4.01. The number of aliphatic hydroxyl groups is 3. The molecule has 0 spiro atoms. The highest BCUT2D eigenvalue weighted by atomic mass is 16.7. The average Bonchev–Trinajstić information content (AvgIpc) is 3.17. The van der Waals surface area contributed by atoms with E-state index in [2.05, 4.69) is 10.3 Å². The van der Waals surface area contributed by atoms with Gasteiger partial charge in [0, 0.05) is 7.11 Å². The zero-order chi connectivity index (χ0) is 20.3. The maximum absolute atomic E-state index is 10.9. The molecule has 1 saturated heterocycles. The summed E-state index contributed by atoms with van der Waals surface area (Å²) in [5.41, 5.74) is 1.18. The number of aromatic carboxylic acids is 1. The van der Waals surface area contributed by atoms with Crippen LogP contribution in [0, 0.1) is 0 Å². The number of nitrogens with zero attached hydrogens (tertiary/aromatic N) is 3. The molecule has 0 radical (unpaired) electrons. The van der Waals surface area contributed by atoms with Gasteiger partial charge < -0.3 is 34.6 Å². The summed E-state index contributed by atoms with van der Waals surface area (Å²) in [7, 11) is 1.33. The van der Waals surface area contributed by atoms with Crippen LogP contribution >= 0.6 is 0 Å². The van der Waals surface area contributed by atoms with Gasteiger partial charge in [0.2, 0.25) is 0 Å². The number of hydrogen-bond donors (Lipinski definition) is 4. The van der Waals surface area contributed by atoms with E-state index in [-0.39, 0.29) is 12.2 Å². The van der Waals surface area contributed by atoms with E-state index in [0.717, 1.165) is 0 Å². The van der Waals surface area contributed by atoms with Crippen molar-refractivity contribution in [1.82, 2.24) is 15.0 Å². The van der Waals surface area contributed by atoms with Gasteiger partial charge in [0.1, 0.15) is 30.1 Å². The van der Waals surface area contributed by atoms with Crippen LogP contribution in [0.3, 0.4) is 0 Å². The number of carboxylic acid groups (broad SMARTS) is 1. The maximum atomic E-state index is 10.9. The number of carbonyl (C=O) groups is 1. The van der Waals surface area contributed by atoms with Crippen molar-refractivity contribution in [3.8, 4) is 5.69 Å². The normalized spacial score (nSPS) is 27.6. The molecular weight excluding hydrogens is 374 g/mol. The Hall–Kier alpha value is -2.41. The fourth-order valence-corrected chi connectivity index (χ4v) is 2.87. The van der Waals surface area contributed by atoms with Gasteiger partial charge in [0.15, 0.2) is 6.29 Å². The summed E-state index contributed by atoms with van der Waals surface area (Å²) in [6, 6.07) is 6.07. The van der Waals surface area contributed by atoms with Crippen LogP contribution in [0.5, 0.6) is 0 Å². The van der Waals surface area contributed by atoms with Crippen molar-refractivity contribution >= 4 is 5.97 Å². The molecule has 3 rings (SSSR count). The molecule has 0 unspecified atom stereocenters. The molecule has 2 aromatic rings. The number of ether oxygens (including phenoxy) is 3. The topological polar surface area (TPSA) is 156 Å². The van der Waals surface area contributed by atoms with E-state index in [1.54, 1.807) is 18.3 Å². The van der Waals surface area contributed by atoms with Crippen molar-refractivity contribution in [2.24, 2.45) is 0 Å². The lowest BCUT2D eigenvalue weighted by molar-refractivity contribution is -0.303. The number of aromatic nitrogens is 3. The minimum absolute atomic E-state index is 0.0689. The number of carboxylic acids is 1. The average molecular weight is 395 g/mol. The lowest BCUT2D eigenvalue weighted by Gasteiger charge is -2.41. The van der Waals surface area contributed by atoms with Gasteiger partial charge in [-0.1, -0.05) is 5.21 Å². The Kier molecular flexibility index (Phi) is 6.34. The molecule has 1 aliphatic rings. The predicted octanol–water partition coefficient (Wildman–Crippen LogP) is -1.06. The molecule has 4 N–H and O–H groups in total. The summed E-state index contributed by atoms with van der Waals surface area (Å²) in [6.45, 7) is -0.531. The first-order valence-corrected chi connectivity index (χ1v) is 8.46. The van der Waals surface area contributed by atoms with E-state index in [4.69, 9.17) is 19.3 Å². The van der Waals surface area contributed by atoms with Crippen LogP contribution in [0.4, 0.5) is 0 Å². The maximum Gasteiger partial charge on any atom is 0.335 e. The minimum atomic E-state index is -1.26. The number of benzene rings is 1. The first kappa shape index (κ1) is 20.3. The third-order valence-corrected chi connectivity index (χ3v) is 4.40. The number of hydrogen-bond acceptors (Lipinski definition) is 9. The summed E-state index contributed by atoms with van der Waals surface area (Å²) < 4.78 is 17.3. The molecule has 5 atom stereocenters. The fourth-order valence-electron chi connectivity index (χ4n) is 2.87. The van der Waals surface area contributed by atoms with E-state index in [9.17, 15) is 20.1 Å². The van der Waals surface area contributed by atoms with Gasteiger partial charge in [-0.25, -0.2) is 9.48 Å². The molecule has 0 aliphatic carbocycles. The number of rotatable bonds is 7. The van der Waals surface area contributed by atoms with Crippen LogP contribution in [-0.4, -0.2) is 85.8 Å². The molecule has 11 heteroatoms. The van der Waals surface area contributed by atoms with Crippen molar-refractivity contribution in [2.45, 2.75) is 37.3 Å². The van der Waals surface area contributed by atoms with E-state index in [0.29, 0.717) is 11.4 Å². The highest BCUT2D eigenvalue weighted by Gasteiger charge is 2.45. The molecule has 0 amide bonds. The Balaban J connectivity index is 1.66. The van der Waals surface area contributed by atoms with Gasteiger partial charge >= 0.3 is 5.97 Å². The highest BCUT2D eigenvalue weighted by molar-refractivity contribution is 5.87. The van der Waals surface area contributed by atoms with Crippen LogP contribution in [0.1, 0.15) is 16.1 Å². The fraction of sp³-hybridized carbons (Fsp3) is 0.471. The Bertz CT molecular complexity index is 780. The Labute approximate surface area is 159 Å². The van der Waals surface area contributed by atoms with Gasteiger partial charge in [0.25, 0.3) is 0 Å². The van der Waals surface area contributed by atoms with Crippen molar-refractivity contribution in [1.29, 1.82) is 0 Å². The second kappa shape index (κ2) is 8.73. The number of aliphatic hydroxyl groups excluding tert-OH is 3. The first-order chi connectivity index (χ1) is 13.4. The third-order valence-electron chi connectivity index (χ3n) is 4.40. The molecule has 28 heavy (non-hydrogen) atoms. The minimum Gasteiger partial charge on any atom is -0.478 e. The molecule has 152 valence electrons. The lowest BCUT2D eigenvalue weighted by Crippen LogP contribution is -2.59. The highest BCUT2D eigenvalue weighted by Crippen LogP contribution is 2.24.